The minimum Gasteiger partial charge on any atom is -0.494 e. The number of Topliss-reactive ketones (excluding diaryl/α,β-unsaturated/α-hetero) is 1. The summed E-state index contributed by atoms with van der Waals surface area (Å²) in [6, 6.07) is 8.11. The predicted molar refractivity (Wildman–Crippen MR) is 71.7 cm³/mol. The highest BCUT2D eigenvalue weighted by molar-refractivity contribution is 5.89. The Hall–Kier alpha value is -1.35. The SMILES string of the molecule is CCOc1cccc(CN2CCC(=O)C2(C)C)c1. The minimum atomic E-state index is -0.332. The van der Waals surface area contributed by atoms with Gasteiger partial charge in [-0.2, -0.15) is 0 Å². The first kappa shape index (κ1) is 13.1. The first-order valence-corrected chi connectivity index (χ1v) is 6.54. The van der Waals surface area contributed by atoms with E-state index in [0.717, 1.165) is 18.8 Å². The van der Waals surface area contributed by atoms with Crippen LogP contribution in [0.3, 0.4) is 0 Å². The Morgan fingerprint density at radius 3 is 2.78 bits per heavy atom. The Morgan fingerprint density at radius 2 is 2.17 bits per heavy atom. The van der Waals surface area contributed by atoms with E-state index in [4.69, 9.17) is 4.74 Å². The molecule has 0 radical (unpaired) electrons. The molecule has 98 valence electrons. The Morgan fingerprint density at radius 1 is 1.39 bits per heavy atom. The second kappa shape index (κ2) is 5.11. The van der Waals surface area contributed by atoms with Crippen LogP contribution in [0.1, 0.15) is 32.8 Å². The van der Waals surface area contributed by atoms with Crippen molar-refractivity contribution in [3.63, 3.8) is 0 Å². The van der Waals surface area contributed by atoms with Gasteiger partial charge in [-0.05, 0) is 38.5 Å². The topological polar surface area (TPSA) is 29.5 Å². The van der Waals surface area contributed by atoms with E-state index in [1.807, 2.05) is 32.9 Å². The molecule has 0 bridgehead atoms. The molecule has 0 N–H and O–H groups in total. The smallest absolute Gasteiger partial charge is 0.153 e. The molecule has 1 heterocycles. The Balaban J connectivity index is 2.10. The van der Waals surface area contributed by atoms with Gasteiger partial charge < -0.3 is 4.74 Å². The summed E-state index contributed by atoms with van der Waals surface area (Å²) in [5.41, 5.74) is 0.866. The molecule has 1 aliphatic heterocycles. The minimum absolute atomic E-state index is 0.332. The molecule has 3 heteroatoms. The van der Waals surface area contributed by atoms with Crippen LogP contribution >= 0.6 is 0 Å². The molecule has 0 aliphatic carbocycles. The lowest BCUT2D eigenvalue weighted by molar-refractivity contribution is -0.123. The molecule has 1 aromatic carbocycles. The molecule has 1 aliphatic rings. The van der Waals surface area contributed by atoms with E-state index in [9.17, 15) is 4.79 Å². The monoisotopic (exact) mass is 247 g/mol. The van der Waals surface area contributed by atoms with E-state index in [1.165, 1.54) is 5.56 Å². The van der Waals surface area contributed by atoms with E-state index >= 15 is 0 Å². The number of hydrogen-bond donors (Lipinski definition) is 0. The van der Waals surface area contributed by atoms with Crippen molar-refractivity contribution < 1.29 is 9.53 Å². The molecule has 1 saturated heterocycles. The molecule has 0 amide bonds. The Bertz CT molecular complexity index is 440. The van der Waals surface area contributed by atoms with Gasteiger partial charge in [-0.25, -0.2) is 0 Å². The van der Waals surface area contributed by atoms with Gasteiger partial charge in [0.1, 0.15) is 5.75 Å². The summed E-state index contributed by atoms with van der Waals surface area (Å²) in [5, 5.41) is 0. The maximum absolute atomic E-state index is 11.8. The molecular formula is C15H21NO2. The van der Waals surface area contributed by atoms with Crippen molar-refractivity contribution >= 4 is 5.78 Å². The van der Waals surface area contributed by atoms with Crippen molar-refractivity contribution in [2.45, 2.75) is 39.3 Å². The Kier molecular flexibility index (Phi) is 3.71. The third-order valence-corrected chi connectivity index (χ3v) is 3.66. The van der Waals surface area contributed by atoms with Crippen LogP contribution in [0.2, 0.25) is 0 Å². The third kappa shape index (κ3) is 2.56. The summed E-state index contributed by atoms with van der Waals surface area (Å²) < 4.78 is 5.50. The molecule has 1 aromatic rings. The molecule has 18 heavy (non-hydrogen) atoms. The van der Waals surface area contributed by atoms with Gasteiger partial charge in [-0.15, -0.1) is 0 Å². The highest BCUT2D eigenvalue weighted by Gasteiger charge is 2.39. The maximum atomic E-state index is 11.8. The molecule has 3 nitrogen and oxygen atoms in total. The fourth-order valence-electron chi connectivity index (χ4n) is 2.40. The Labute approximate surface area is 109 Å². The zero-order valence-corrected chi connectivity index (χ0v) is 11.4. The third-order valence-electron chi connectivity index (χ3n) is 3.66. The number of likely N-dealkylation sites (tertiary alicyclic amines) is 1. The fraction of sp³-hybridized carbons (Fsp3) is 0.533. The van der Waals surface area contributed by atoms with Crippen LogP contribution in [-0.2, 0) is 11.3 Å². The number of hydrogen-bond acceptors (Lipinski definition) is 3. The molecule has 0 unspecified atom stereocenters. The highest BCUT2D eigenvalue weighted by atomic mass is 16.5. The summed E-state index contributed by atoms with van der Waals surface area (Å²) in [4.78, 5) is 14.0. The molecule has 1 fully saturated rings. The first-order valence-electron chi connectivity index (χ1n) is 6.54. The van der Waals surface area contributed by atoms with Crippen molar-refractivity contribution in [2.24, 2.45) is 0 Å². The number of carbonyl (C=O) groups is 1. The second-order valence-corrected chi connectivity index (χ2v) is 5.23. The lowest BCUT2D eigenvalue weighted by atomic mass is 10.00. The van der Waals surface area contributed by atoms with Gasteiger partial charge in [0.05, 0.1) is 12.1 Å². The average Bonchev–Trinajstić information content (AvgIpc) is 2.57. The van der Waals surface area contributed by atoms with Crippen molar-refractivity contribution in [1.29, 1.82) is 0 Å². The van der Waals surface area contributed by atoms with Crippen LogP contribution in [0.4, 0.5) is 0 Å². The zero-order valence-electron chi connectivity index (χ0n) is 11.4. The average molecular weight is 247 g/mol. The lowest BCUT2D eigenvalue weighted by Crippen LogP contribution is -2.42. The van der Waals surface area contributed by atoms with E-state index in [2.05, 4.69) is 17.0 Å². The van der Waals surface area contributed by atoms with E-state index < -0.39 is 0 Å². The summed E-state index contributed by atoms with van der Waals surface area (Å²) in [5.74, 6) is 1.24. The van der Waals surface area contributed by atoms with Crippen LogP contribution in [-0.4, -0.2) is 29.4 Å². The van der Waals surface area contributed by atoms with Crippen LogP contribution < -0.4 is 4.74 Å². The van der Waals surface area contributed by atoms with Gasteiger partial charge in [0.2, 0.25) is 0 Å². The second-order valence-electron chi connectivity index (χ2n) is 5.23. The van der Waals surface area contributed by atoms with E-state index in [1.54, 1.807) is 0 Å². The number of benzene rings is 1. The largest absolute Gasteiger partial charge is 0.494 e. The van der Waals surface area contributed by atoms with Gasteiger partial charge in [-0.3, -0.25) is 9.69 Å². The number of nitrogens with zero attached hydrogens (tertiary/aromatic N) is 1. The van der Waals surface area contributed by atoms with Crippen molar-refractivity contribution in [2.75, 3.05) is 13.2 Å². The van der Waals surface area contributed by atoms with Crippen LogP contribution in [0.25, 0.3) is 0 Å². The summed E-state index contributed by atoms with van der Waals surface area (Å²) in [6.07, 6.45) is 0.665. The van der Waals surface area contributed by atoms with Crippen molar-refractivity contribution in [3.8, 4) is 5.75 Å². The van der Waals surface area contributed by atoms with Gasteiger partial charge in [-0.1, -0.05) is 12.1 Å². The van der Waals surface area contributed by atoms with Crippen LogP contribution in [0, 0.1) is 0 Å². The van der Waals surface area contributed by atoms with Gasteiger partial charge in [0, 0.05) is 19.5 Å². The van der Waals surface area contributed by atoms with Gasteiger partial charge >= 0.3 is 0 Å². The normalized spacial score (nSPS) is 19.2. The predicted octanol–water partition coefficient (Wildman–Crippen LogP) is 2.64. The van der Waals surface area contributed by atoms with E-state index in [0.29, 0.717) is 18.8 Å². The van der Waals surface area contributed by atoms with Gasteiger partial charge in [0.15, 0.2) is 5.78 Å². The zero-order chi connectivity index (χ0) is 13.2. The first-order chi connectivity index (χ1) is 8.54. The van der Waals surface area contributed by atoms with Gasteiger partial charge in [0.25, 0.3) is 0 Å². The quantitative estimate of drug-likeness (QED) is 0.819. The lowest BCUT2D eigenvalue weighted by Gasteiger charge is -2.29. The summed E-state index contributed by atoms with van der Waals surface area (Å²) >= 11 is 0. The molecular weight excluding hydrogens is 226 g/mol. The standard InChI is InChI=1S/C15H21NO2/c1-4-18-13-7-5-6-12(10-13)11-16-9-8-14(17)15(16,2)3/h5-7,10H,4,8-9,11H2,1-3H3. The molecule has 0 saturated carbocycles. The van der Waals surface area contributed by atoms with Crippen molar-refractivity contribution in [1.82, 2.24) is 4.90 Å². The number of ketones is 1. The van der Waals surface area contributed by atoms with E-state index in [-0.39, 0.29) is 5.54 Å². The summed E-state index contributed by atoms with van der Waals surface area (Å²) in [7, 11) is 0. The maximum Gasteiger partial charge on any atom is 0.153 e. The van der Waals surface area contributed by atoms with Crippen molar-refractivity contribution in [3.05, 3.63) is 29.8 Å². The molecule has 0 atom stereocenters. The summed E-state index contributed by atoms with van der Waals surface area (Å²) in [6.45, 7) is 8.33. The molecule has 0 aromatic heterocycles. The fourth-order valence-corrected chi connectivity index (χ4v) is 2.40. The molecule has 2 rings (SSSR count). The highest BCUT2D eigenvalue weighted by Crippen LogP contribution is 2.27. The number of rotatable bonds is 4. The van der Waals surface area contributed by atoms with Crippen LogP contribution in [0.15, 0.2) is 24.3 Å². The molecule has 0 spiro atoms. The number of ether oxygens (including phenoxy) is 1. The van der Waals surface area contributed by atoms with Crippen LogP contribution in [0.5, 0.6) is 5.75 Å². The number of carbonyl (C=O) groups excluding carboxylic acids is 1.